The lowest BCUT2D eigenvalue weighted by Crippen LogP contribution is -2.32. The van der Waals surface area contributed by atoms with Gasteiger partial charge >= 0.3 is 0 Å². The topological polar surface area (TPSA) is 25.2 Å². The Balaban J connectivity index is 1.77. The molecule has 1 saturated heterocycles. The lowest BCUT2D eigenvalue weighted by molar-refractivity contribution is 0.0765. The number of nitrogens with zero attached hydrogens (tertiary/aromatic N) is 2. The van der Waals surface area contributed by atoms with Gasteiger partial charge in [0.05, 0.1) is 0 Å². The van der Waals surface area contributed by atoms with Crippen LogP contribution in [0.4, 0.5) is 0 Å². The van der Waals surface area contributed by atoms with Crippen molar-refractivity contribution in [2.45, 2.75) is 46.1 Å². The summed E-state index contributed by atoms with van der Waals surface area (Å²) < 4.78 is 3.18. The molecule has 1 unspecified atom stereocenters. The van der Waals surface area contributed by atoms with Gasteiger partial charge in [-0.15, -0.1) is 0 Å². The highest BCUT2D eigenvalue weighted by Gasteiger charge is 2.36. The number of aromatic nitrogens is 1. The molecule has 2 aliphatic rings. The molecule has 3 nitrogen and oxygen atoms in total. The molecule has 0 bridgehead atoms. The van der Waals surface area contributed by atoms with Crippen molar-refractivity contribution in [3.05, 3.63) is 22.4 Å². The first kappa shape index (κ1) is 14.2. The summed E-state index contributed by atoms with van der Waals surface area (Å²) >= 11 is 3.51. The highest BCUT2D eigenvalue weighted by molar-refractivity contribution is 9.10. The molecule has 0 aromatic carbocycles. The Morgan fingerprint density at radius 1 is 1.30 bits per heavy atom. The normalized spacial score (nSPS) is 23.4. The summed E-state index contributed by atoms with van der Waals surface area (Å²) in [5.41, 5.74) is 1.14. The van der Waals surface area contributed by atoms with Crippen LogP contribution in [0.5, 0.6) is 0 Å². The van der Waals surface area contributed by atoms with E-state index in [1.54, 1.807) is 0 Å². The number of carbonyl (C=O) groups is 1. The van der Waals surface area contributed by atoms with Gasteiger partial charge in [0.1, 0.15) is 5.69 Å². The van der Waals surface area contributed by atoms with Gasteiger partial charge in [0.25, 0.3) is 5.91 Å². The summed E-state index contributed by atoms with van der Waals surface area (Å²) in [5, 5.41) is 0. The second-order valence-electron chi connectivity index (χ2n) is 7.28. The molecular weight excluding hydrogens is 316 g/mol. The molecule has 3 rings (SSSR count). The molecule has 4 heteroatoms. The molecule has 1 atom stereocenters. The number of hydrogen-bond donors (Lipinski definition) is 0. The van der Waals surface area contributed by atoms with Crippen LogP contribution in [0.3, 0.4) is 0 Å². The van der Waals surface area contributed by atoms with Crippen molar-refractivity contribution in [3.63, 3.8) is 0 Å². The van der Waals surface area contributed by atoms with E-state index in [4.69, 9.17) is 0 Å². The van der Waals surface area contributed by atoms with Crippen molar-refractivity contribution in [1.29, 1.82) is 0 Å². The van der Waals surface area contributed by atoms with E-state index in [0.717, 1.165) is 29.7 Å². The Hall–Kier alpha value is -0.770. The zero-order valence-electron chi connectivity index (χ0n) is 12.5. The molecule has 1 aliphatic carbocycles. The Morgan fingerprint density at radius 3 is 2.55 bits per heavy atom. The molecule has 1 aromatic heterocycles. The zero-order chi connectivity index (χ0) is 14.5. The zero-order valence-corrected chi connectivity index (χ0v) is 14.1. The SMILES string of the molecule is CC(C)(C)C1CCN(C(=O)c2cc(Br)cn2C2CC2)C1. The van der Waals surface area contributed by atoms with Crippen LogP contribution >= 0.6 is 15.9 Å². The first-order valence-electron chi connectivity index (χ1n) is 7.53. The van der Waals surface area contributed by atoms with Crippen molar-refractivity contribution in [3.8, 4) is 0 Å². The van der Waals surface area contributed by atoms with Crippen molar-refractivity contribution < 1.29 is 4.79 Å². The Kier molecular flexibility index (Phi) is 3.47. The van der Waals surface area contributed by atoms with Crippen molar-refractivity contribution in [1.82, 2.24) is 9.47 Å². The largest absolute Gasteiger partial charge is 0.339 e. The minimum absolute atomic E-state index is 0.203. The van der Waals surface area contributed by atoms with E-state index in [9.17, 15) is 4.79 Å². The first-order valence-corrected chi connectivity index (χ1v) is 8.32. The van der Waals surface area contributed by atoms with Gasteiger partial charge in [-0.3, -0.25) is 4.79 Å². The van der Waals surface area contributed by atoms with Gasteiger partial charge in [0, 0.05) is 29.8 Å². The van der Waals surface area contributed by atoms with Crippen LogP contribution in [0.25, 0.3) is 0 Å². The fourth-order valence-corrected chi connectivity index (χ4v) is 3.52. The van der Waals surface area contributed by atoms with Gasteiger partial charge in [-0.05, 0) is 52.6 Å². The third kappa shape index (κ3) is 2.67. The quantitative estimate of drug-likeness (QED) is 0.797. The summed E-state index contributed by atoms with van der Waals surface area (Å²) in [5.74, 6) is 0.813. The van der Waals surface area contributed by atoms with Crippen molar-refractivity contribution in [2.75, 3.05) is 13.1 Å². The van der Waals surface area contributed by atoms with Crippen molar-refractivity contribution >= 4 is 21.8 Å². The molecule has 20 heavy (non-hydrogen) atoms. The maximum absolute atomic E-state index is 12.8. The van der Waals surface area contributed by atoms with Gasteiger partial charge in [-0.25, -0.2) is 0 Å². The minimum atomic E-state index is 0.203. The third-order valence-corrected chi connectivity index (χ3v) is 5.11. The maximum atomic E-state index is 12.8. The molecule has 0 N–H and O–H groups in total. The Bertz CT molecular complexity index is 525. The molecular formula is C16H23BrN2O. The van der Waals surface area contributed by atoms with Crippen molar-refractivity contribution in [2.24, 2.45) is 11.3 Å². The second-order valence-corrected chi connectivity index (χ2v) is 8.20. The molecule has 0 radical (unpaired) electrons. The molecule has 1 aromatic rings. The van der Waals surface area contributed by atoms with Gasteiger partial charge in [-0.2, -0.15) is 0 Å². The third-order valence-electron chi connectivity index (χ3n) is 4.67. The highest BCUT2D eigenvalue weighted by Crippen LogP contribution is 2.39. The average Bonchev–Trinajstić information content (AvgIpc) is 2.93. The number of likely N-dealkylation sites (tertiary alicyclic amines) is 1. The van der Waals surface area contributed by atoms with Crippen LogP contribution in [-0.2, 0) is 0 Å². The first-order chi connectivity index (χ1) is 9.36. The molecule has 1 aliphatic heterocycles. The van der Waals surface area contributed by atoms with E-state index >= 15 is 0 Å². The number of carbonyl (C=O) groups excluding carboxylic acids is 1. The smallest absolute Gasteiger partial charge is 0.270 e. The number of hydrogen-bond acceptors (Lipinski definition) is 1. The lowest BCUT2D eigenvalue weighted by atomic mass is 9.80. The van der Waals surface area contributed by atoms with Gasteiger partial charge < -0.3 is 9.47 Å². The van der Waals surface area contributed by atoms with Gasteiger partial charge in [0.15, 0.2) is 0 Å². The number of rotatable bonds is 2. The predicted molar refractivity (Wildman–Crippen MR) is 83.9 cm³/mol. The fraction of sp³-hybridized carbons (Fsp3) is 0.688. The average molecular weight is 339 g/mol. The summed E-state index contributed by atoms with van der Waals surface area (Å²) in [6.07, 6.45) is 5.58. The second kappa shape index (κ2) is 4.90. The monoisotopic (exact) mass is 338 g/mol. The Labute approximate surface area is 129 Å². The van der Waals surface area contributed by atoms with Crippen LogP contribution in [0.2, 0.25) is 0 Å². The molecule has 1 amide bonds. The number of amides is 1. The van der Waals surface area contributed by atoms with Gasteiger partial charge in [0.2, 0.25) is 0 Å². The summed E-state index contributed by atoms with van der Waals surface area (Å²) in [6.45, 7) is 8.61. The van der Waals surface area contributed by atoms with Crippen LogP contribution < -0.4 is 0 Å². The summed E-state index contributed by atoms with van der Waals surface area (Å²) in [6, 6.07) is 2.52. The van der Waals surface area contributed by atoms with E-state index < -0.39 is 0 Å². The van der Waals surface area contributed by atoms with Crippen LogP contribution in [0.15, 0.2) is 16.7 Å². The standard InChI is InChI=1S/C16H23BrN2O/c1-16(2,3)11-6-7-18(9-11)15(20)14-8-12(17)10-19(14)13-4-5-13/h8,10-11,13H,4-7,9H2,1-3H3. The van der Waals surface area contributed by atoms with E-state index in [2.05, 4.69) is 47.5 Å². The van der Waals surface area contributed by atoms with E-state index in [1.165, 1.54) is 12.8 Å². The Morgan fingerprint density at radius 2 is 2.00 bits per heavy atom. The molecule has 0 spiro atoms. The molecule has 1 saturated carbocycles. The predicted octanol–water partition coefficient (Wildman–Crippen LogP) is 4.09. The minimum Gasteiger partial charge on any atom is -0.339 e. The molecule has 2 heterocycles. The van der Waals surface area contributed by atoms with Gasteiger partial charge in [-0.1, -0.05) is 20.8 Å². The van der Waals surface area contributed by atoms with Crippen LogP contribution in [0.1, 0.15) is 56.6 Å². The fourth-order valence-electron chi connectivity index (χ4n) is 3.09. The maximum Gasteiger partial charge on any atom is 0.270 e. The highest BCUT2D eigenvalue weighted by atomic mass is 79.9. The van der Waals surface area contributed by atoms with E-state index in [-0.39, 0.29) is 11.3 Å². The number of halogens is 1. The lowest BCUT2D eigenvalue weighted by Gasteiger charge is -2.27. The molecule has 2 fully saturated rings. The van der Waals surface area contributed by atoms with E-state index in [1.807, 2.05) is 11.0 Å². The summed E-state index contributed by atoms with van der Waals surface area (Å²) in [7, 11) is 0. The molecule has 110 valence electrons. The van der Waals surface area contributed by atoms with Crippen LogP contribution in [-0.4, -0.2) is 28.5 Å². The van der Waals surface area contributed by atoms with Crippen LogP contribution in [0, 0.1) is 11.3 Å². The van der Waals surface area contributed by atoms with E-state index in [0.29, 0.717) is 12.0 Å². The summed E-state index contributed by atoms with van der Waals surface area (Å²) in [4.78, 5) is 14.8.